The molecule has 0 aromatic carbocycles. The zero-order valence-electron chi connectivity index (χ0n) is 11.5. The van der Waals surface area contributed by atoms with E-state index in [9.17, 15) is 4.79 Å². The van der Waals surface area contributed by atoms with Crippen LogP contribution in [0.25, 0.3) is 0 Å². The van der Waals surface area contributed by atoms with Gasteiger partial charge < -0.3 is 10.2 Å². The Morgan fingerprint density at radius 2 is 2.22 bits per heavy atom. The largest absolute Gasteiger partial charge is 0.341 e. The summed E-state index contributed by atoms with van der Waals surface area (Å²) in [6.45, 7) is 6.85. The molecule has 5 heteroatoms. The van der Waals surface area contributed by atoms with Crippen molar-refractivity contribution in [3.8, 4) is 0 Å². The first-order chi connectivity index (χ1) is 8.16. The lowest BCUT2D eigenvalue weighted by Crippen LogP contribution is -2.46. The Hall–Kier alpha value is -0.320. The van der Waals surface area contributed by atoms with E-state index in [1.54, 1.807) is 0 Å². The smallest absolute Gasteiger partial charge is 0.236 e. The number of hydrogen-bond donors (Lipinski definition) is 1. The Labute approximate surface area is 116 Å². The SMILES string of the molecule is CC1CCCN(C(=O)CN(C)C2CCNC2)C1.Cl. The van der Waals surface area contributed by atoms with Gasteiger partial charge in [-0.25, -0.2) is 0 Å². The molecule has 2 fully saturated rings. The van der Waals surface area contributed by atoms with Gasteiger partial charge in [-0.15, -0.1) is 12.4 Å². The van der Waals surface area contributed by atoms with E-state index in [0.29, 0.717) is 24.4 Å². The molecule has 4 nitrogen and oxygen atoms in total. The highest BCUT2D eigenvalue weighted by Gasteiger charge is 2.25. The molecule has 18 heavy (non-hydrogen) atoms. The first kappa shape index (κ1) is 15.7. The third kappa shape index (κ3) is 4.11. The number of likely N-dealkylation sites (N-methyl/N-ethyl adjacent to an activating group) is 1. The second-order valence-corrected chi connectivity index (χ2v) is 5.65. The van der Waals surface area contributed by atoms with Crippen LogP contribution >= 0.6 is 12.4 Å². The highest BCUT2D eigenvalue weighted by Crippen LogP contribution is 2.16. The van der Waals surface area contributed by atoms with E-state index in [-0.39, 0.29) is 12.4 Å². The number of likely N-dealkylation sites (tertiary alicyclic amines) is 1. The van der Waals surface area contributed by atoms with Crippen molar-refractivity contribution in [2.24, 2.45) is 5.92 Å². The first-order valence-corrected chi connectivity index (χ1v) is 6.85. The Bertz CT molecular complexity index is 269. The molecule has 0 aromatic rings. The number of piperidine rings is 1. The van der Waals surface area contributed by atoms with Gasteiger partial charge in [0.15, 0.2) is 0 Å². The van der Waals surface area contributed by atoms with Gasteiger partial charge in [0.05, 0.1) is 6.54 Å². The van der Waals surface area contributed by atoms with E-state index in [1.165, 1.54) is 19.3 Å². The Balaban J connectivity index is 0.00000162. The number of hydrogen-bond acceptors (Lipinski definition) is 3. The fraction of sp³-hybridized carbons (Fsp3) is 0.923. The second kappa shape index (κ2) is 7.31. The van der Waals surface area contributed by atoms with Gasteiger partial charge in [0.1, 0.15) is 0 Å². The highest BCUT2D eigenvalue weighted by atomic mass is 35.5. The van der Waals surface area contributed by atoms with Crippen LogP contribution < -0.4 is 5.32 Å². The van der Waals surface area contributed by atoms with Gasteiger partial charge in [-0.2, -0.15) is 0 Å². The summed E-state index contributed by atoms with van der Waals surface area (Å²) < 4.78 is 0. The van der Waals surface area contributed by atoms with E-state index in [1.807, 2.05) is 4.90 Å². The van der Waals surface area contributed by atoms with Gasteiger partial charge in [0.2, 0.25) is 5.91 Å². The summed E-state index contributed by atoms with van der Waals surface area (Å²) in [4.78, 5) is 16.4. The monoisotopic (exact) mass is 275 g/mol. The number of halogens is 1. The van der Waals surface area contributed by atoms with Crippen LogP contribution in [0, 0.1) is 5.92 Å². The number of rotatable bonds is 3. The zero-order valence-corrected chi connectivity index (χ0v) is 12.3. The van der Waals surface area contributed by atoms with E-state index in [2.05, 4.69) is 24.2 Å². The normalized spacial score (nSPS) is 28.3. The van der Waals surface area contributed by atoms with Crippen LogP contribution in [0.15, 0.2) is 0 Å². The third-order valence-electron chi connectivity index (χ3n) is 4.05. The van der Waals surface area contributed by atoms with Crippen molar-refractivity contribution in [1.29, 1.82) is 0 Å². The molecule has 0 aromatic heterocycles. The Morgan fingerprint density at radius 1 is 1.44 bits per heavy atom. The average molecular weight is 276 g/mol. The lowest BCUT2D eigenvalue weighted by molar-refractivity contribution is -0.134. The maximum absolute atomic E-state index is 12.2. The lowest BCUT2D eigenvalue weighted by atomic mass is 10.0. The molecule has 2 aliphatic rings. The summed E-state index contributed by atoms with van der Waals surface area (Å²) in [5.41, 5.74) is 0. The predicted molar refractivity (Wildman–Crippen MR) is 76.1 cm³/mol. The van der Waals surface area contributed by atoms with Gasteiger partial charge in [0.25, 0.3) is 0 Å². The first-order valence-electron chi connectivity index (χ1n) is 6.85. The molecule has 2 atom stereocenters. The molecule has 1 N–H and O–H groups in total. The van der Waals surface area contributed by atoms with E-state index >= 15 is 0 Å². The molecule has 0 saturated carbocycles. The summed E-state index contributed by atoms with van der Waals surface area (Å²) in [6.07, 6.45) is 3.61. The van der Waals surface area contributed by atoms with Crippen LogP contribution in [0.4, 0.5) is 0 Å². The number of amides is 1. The minimum atomic E-state index is 0. The van der Waals surface area contributed by atoms with Crippen molar-refractivity contribution in [1.82, 2.24) is 15.1 Å². The van der Waals surface area contributed by atoms with E-state index in [0.717, 1.165) is 26.2 Å². The van der Waals surface area contributed by atoms with E-state index in [4.69, 9.17) is 0 Å². The van der Waals surface area contributed by atoms with Crippen molar-refractivity contribution in [2.45, 2.75) is 32.2 Å². The number of nitrogens with one attached hydrogen (secondary N) is 1. The standard InChI is InChI=1S/C13H25N3O.ClH/c1-11-4-3-7-16(9-11)13(17)10-15(2)12-5-6-14-8-12;/h11-12,14H,3-10H2,1-2H3;1H. The Morgan fingerprint density at radius 3 is 2.83 bits per heavy atom. The van der Waals surface area contributed by atoms with Gasteiger partial charge >= 0.3 is 0 Å². The summed E-state index contributed by atoms with van der Waals surface area (Å²) in [5.74, 6) is 0.983. The van der Waals surface area contributed by atoms with Crippen LogP contribution in [0.5, 0.6) is 0 Å². The molecule has 2 unspecified atom stereocenters. The second-order valence-electron chi connectivity index (χ2n) is 5.65. The van der Waals surface area contributed by atoms with E-state index < -0.39 is 0 Å². The molecule has 2 saturated heterocycles. The minimum Gasteiger partial charge on any atom is -0.341 e. The predicted octanol–water partition coefficient (Wildman–Crippen LogP) is 0.960. The molecule has 1 amide bonds. The third-order valence-corrected chi connectivity index (χ3v) is 4.05. The summed E-state index contributed by atoms with van der Waals surface area (Å²) in [6, 6.07) is 0.543. The van der Waals surface area contributed by atoms with Crippen LogP contribution in [0.3, 0.4) is 0 Å². The molecule has 0 radical (unpaired) electrons. The van der Waals surface area contributed by atoms with Gasteiger partial charge in [-0.05, 0) is 38.8 Å². The maximum atomic E-state index is 12.2. The van der Waals surface area contributed by atoms with Crippen LogP contribution in [-0.2, 0) is 4.79 Å². The number of nitrogens with zero attached hydrogens (tertiary/aromatic N) is 2. The number of carbonyl (C=O) groups excluding carboxylic acids is 1. The van der Waals surface area contributed by atoms with Gasteiger partial charge in [-0.1, -0.05) is 6.92 Å². The summed E-state index contributed by atoms with van der Waals surface area (Å²) in [5, 5.41) is 3.35. The lowest BCUT2D eigenvalue weighted by Gasteiger charge is -2.33. The molecule has 2 heterocycles. The maximum Gasteiger partial charge on any atom is 0.236 e. The minimum absolute atomic E-state index is 0. The van der Waals surface area contributed by atoms with Crippen LogP contribution in [0.1, 0.15) is 26.2 Å². The van der Waals surface area contributed by atoms with Gasteiger partial charge in [0, 0.05) is 25.7 Å². The summed E-state index contributed by atoms with van der Waals surface area (Å²) >= 11 is 0. The molecular formula is C13H26ClN3O. The van der Waals surface area contributed by atoms with Gasteiger partial charge in [-0.3, -0.25) is 9.69 Å². The average Bonchev–Trinajstić information content (AvgIpc) is 2.82. The topological polar surface area (TPSA) is 35.6 Å². The van der Waals surface area contributed by atoms with Crippen molar-refractivity contribution in [3.63, 3.8) is 0 Å². The zero-order chi connectivity index (χ0) is 12.3. The molecule has 2 rings (SSSR count). The molecule has 0 aliphatic carbocycles. The van der Waals surface area contributed by atoms with Crippen molar-refractivity contribution >= 4 is 18.3 Å². The fourth-order valence-electron chi connectivity index (χ4n) is 2.87. The van der Waals surface area contributed by atoms with Crippen molar-refractivity contribution in [3.05, 3.63) is 0 Å². The molecular weight excluding hydrogens is 250 g/mol. The molecule has 106 valence electrons. The van der Waals surface area contributed by atoms with Crippen LogP contribution in [-0.4, -0.2) is 61.5 Å². The molecule has 2 aliphatic heterocycles. The molecule has 0 spiro atoms. The van der Waals surface area contributed by atoms with Crippen molar-refractivity contribution in [2.75, 3.05) is 39.8 Å². The quantitative estimate of drug-likeness (QED) is 0.833. The summed E-state index contributed by atoms with van der Waals surface area (Å²) in [7, 11) is 2.07. The Kier molecular flexibility index (Phi) is 6.39. The molecule has 0 bridgehead atoms. The number of carbonyl (C=O) groups is 1. The van der Waals surface area contributed by atoms with Crippen LogP contribution in [0.2, 0.25) is 0 Å². The van der Waals surface area contributed by atoms with Crippen molar-refractivity contribution < 1.29 is 4.79 Å². The highest BCUT2D eigenvalue weighted by molar-refractivity contribution is 5.85. The fourth-order valence-corrected chi connectivity index (χ4v) is 2.87.